The smallest absolute Gasteiger partial charge is 0.182 e. The normalized spacial score (nSPS) is 20.4. The molecular formula is C10H13N5O. The van der Waals surface area contributed by atoms with Crippen LogP contribution in [-0.2, 0) is 4.74 Å². The van der Waals surface area contributed by atoms with Crippen molar-refractivity contribution in [2.75, 3.05) is 18.5 Å². The first-order valence-corrected chi connectivity index (χ1v) is 5.43. The quantitative estimate of drug-likeness (QED) is 0.803. The molecule has 1 saturated heterocycles. The summed E-state index contributed by atoms with van der Waals surface area (Å²) in [6, 6.07) is 0. The summed E-state index contributed by atoms with van der Waals surface area (Å²) in [6.07, 6.45) is 5.70. The molecule has 3 heterocycles. The van der Waals surface area contributed by atoms with Crippen molar-refractivity contribution in [3.05, 3.63) is 12.7 Å². The molecule has 6 heteroatoms. The van der Waals surface area contributed by atoms with Crippen molar-refractivity contribution in [2.45, 2.75) is 18.9 Å². The van der Waals surface area contributed by atoms with Gasteiger partial charge in [-0.25, -0.2) is 15.0 Å². The highest BCUT2D eigenvalue weighted by Crippen LogP contribution is 2.16. The Hall–Kier alpha value is -1.69. The molecule has 3 rings (SSSR count). The second kappa shape index (κ2) is 4.05. The third kappa shape index (κ3) is 1.71. The number of ether oxygens (including phenoxy) is 1. The van der Waals surface area contributed by atoms with Gasteiger partial charge in [0, 0.05) is 13.2 Å². The van der Waals surface area contributed by atoms with E-state index in [0.717, 1.165) is 37.3 Å². The number of hydrogen-bond acceptors (Lipinski definition) is 5. The molecule has 0 amide bonds. The summed E-state index contributed by atoms with van der Waals surface area (Å²) in [5.41, 5.74) is 1.53. The lowest BCUT2D eigenvalue weighted by Gasteiger charge is -2.11. The van der Waals surface area contributed by atoms with Gasteiger partial charge in [-0.1, -0.05) is 0 Å². The number of H-pyrrole nitrogens is 1. The van der Waals surface area contributed by atoms with Crippen LogP contribution in [0, 0.1) is 0 Å². The van der Waals surface area contributed by atoms with Crippen LogP contribution < -0.4 is 5.32 Å². The van der Waals surface area contributed by atoms with Crippen LogP contribution in [0.5, 0.6) is 0 Å². The molecule has 84 valence electrons. The Bertz CT molecular complexity index is 477. The number of nitrogens with one attached hydrogen (secondary N) is 2. The van der Waals surface area contributed by atoms with E-state index in [1.807, 2.05) is 0 Å². The van der Waals surface area contributed by atoms with Crippen LogP contribution in [0.4, 0.5) is 5.82 Å². The van der Waals surface area contributed by atoms with E-state index in [-0.39, 0.29) is 0 Å². The second-order valence-electron chi connectivity index (χ2n) is 3.84. The van der Waals surface area contributed by atoms with E-state index < -0.39 is 0 Å². The molecule has 0 unspecified atom stereocenters. The van der Waals surface area contributed by atoms with Crippen molar-refractivity contribution >= 4 is 17.0 Å². The molecule has 2 aromatic heterocycles. The van der Waals surface area contributed by atoms with Crippen LogP contribution in [0.2, 0.25) is 0 Å². The van der Waals surface area contributed by atoms with E-state index in [9.17, 15) is 0 Å². The first-order chi connectivity index (χ1) is 7.93. The molecule has 6 nitrogen and oxygen atoms in total. The molecule has 1 fully saturated rings. The van der Waals surface area contributed by atoms with Gasteiger partial charge in [-0.2, -0.15) is 0 Å². The monoisotopic (exact) mass is 219 g/mol. The van der Waals surface area contributed by atoms with Gasteiger partial charge < -0.3 is 15.0 Å². The van der Waals surface area contributed by atoms with Gasteiger partial charge >= 0.3 is 0 Å². The average molecular weight is 219 g/mol. The Morgan fingerprint density at radius 2 is 2.44 bits per heavy atom. The maximum Gasteiger partial charge on any atom is 0.182 e. The third-order valence-electron chi connectivity index (χ3n) is 2.74. The summed E-state index contributed by atoms with van der Waals surface area (Å²) < 4.78 is 5.54. The highest BCUT2D eigenvalue weighted by atomic mass is 16.5. The van der Waals surface area contributed by atoms with Crippen LogP contribution in [0.15, 0.2) is 12.7 Å². The van der Waals surface area contributed by atoms with Gasteiger partial charge in [0.2, 0.25) is 0 Å². The number of nitrogens with zero attached hydrogens (tertiary/aromatic N) is 3. The zero-order valence-corrected chi connectivity index (χ0v) is 8.81. The number of fused-ring (bicyclic) bond motifs is 1. The van der Waals surface area contributed by atoms with Gasteiger partial charge in [-0.05, 0) is 12.8 Å². The summed E-state index contributed by atoms with van der Waals surface area (Å²) in [4.78, 5) is 15.4. The molecule has 0 aromatic carbocycles. The predicted octanol–water partition coefficient (Wildman–Crippen LogP) is 0.944. The minimum Gasteiger partial charge on any atom is -0.376 e. The van der Waals surface area contributed by atoms with Crippen molar-refractivity contribution in [2.24, 2.45) is 0 Å². The molecule has 1 aliphatic heterocycles. The van der Waals surface area contributed by atoms with Crippen molar-refractivity contribution in [1.29, 1.82) is 0 Å². The van der Waals surface area contributed by atoms with E-state index in [0.29, 0.717) is 11.8 Å². The van der Waals surface area contributed by atoms with Gasteiger partial charge in [0.25, 0.3) is 0 Å². The molecule has 1 atom stereocenters. The average Bonchev–Trinajstić information content (AvgIpc) is 2.97. The number of imidazole rings is 1. The zero-order chi connectivity index (χ0) is 10.8. The van der Waals surface area contributed by atoms with Crippen LogP contribution in [-0.4, -0.2) is 39.2 Å². The number of rotatable bonds is 3. The lowest BCUT2D eigenvalue weighted by atomic mass is 10.2. The van der Waals surface area contributed by atoms with Gasteiger partial charge in [-0.3, -0.25) is 0 Å². The predicted molar refractivity (Wildman–Crippen MR) is 59.1 cm³/mol. The maximum absolute atomic E-state index is 5.54. The summed E-state index contributed by atoms with van der Waals surface area (Å²) in [5, 5.41) is 3.27. The molecule has 2 aromatic rings. The summed E-state index contributed by atoms with van der Waals surface area (Å²) in [7, 11) is 0. The lowest BCUT2D eigenvalue weighted by molar-refractivity contribution is 0.120. The Morgan fingerprint density at radius 1 is 1.44 bits per heavy atom. The highest BCUT2D eigenvalue weighted by Gasteiger charge is 2.15. The first kappa shape index (κ1) is 9.53. The molecule has 0 spiro atoms. The first-order valence-electron chi connectivity index (χ1n) is 5.43. The number of aromatic nitrogens is 4. The summed E-state index contributed by atoms with van der Waals surface area (Å²) in [6.45, 7) is 1.65. The van der Waals surface area contributed by atoms with E-state index >= 15 is 0 Å². The molecule has 0 bridgehead atoms. The lowest BCUT2D eigenvalue weighted by Crippen LogP contribution is -2.19. The van der Waals surface area contributed by atoms with E-state index in [4.69, 9.17) is 4.74 Å². The minimum atomic E-state index is 0.299. The standard InChI is InChI=1S/C10H13N5O/c1-2-7(16-3-1)4-11-9-8-10(13-5-12-8)15-6-14-9/h5-7H,1-4H2,(H2,11,12,13,14,15)/t7-/m0/s1. The zero-order valence-electron chi connectivity index (χ0n) is 8.81. The maximum atomic E-state index is 5.54. The van der Waals surface area contributed by atoms with Crippen molar-refractivity contribution in [1.82, 2.24) is 19.9 Å². The Balaban J connectivity index is 1.75. The fourth-order valence-electron chi connectivity index (χ4n) is 1.91. The number of anilines is 1. The molecular weight excluding hydrogens is 206 g/mol. The number of aromatic amines is 1. The molecule has 1 aliphatic rings. The SMILES string of the molecule is c1nc(NC[C@@H]2CCCO2)c2[nH]cnc2n1. The topological polar surface area (TPSA) is 75.7 Å². The van der Waals surface area contributed by atoms with Crippen molar-refractivity contribution < 1.29 is 4.74 Å². The van der Waals surface area contributed by atoms with Crippen molar-refractivity contribution in [3.8, 4) is 0 Å². The van der Waals surface area contributed by atoms with E-state index in [2.05, 4.69) is 25.3 Å². The minimum absolute atomic E-state index is 0.299. The van der Waals surface area contributed by atoms with Crippen LogP contribution >= 0.6 is 0 Å². The highest BCUT2D eigenvalue weighted by molar-refractivity contribution is 5.81. The van der Waals surface area contributed by atoms with Gasteiger partial charge in [0.15, 0.2) is 11.5 Å². The van der Waals surface area contributed by atoms with Crippen LogP contribution in [0.3, 0.4) is 0 Å². The number of hydrogen-bond donors (Lipinski definition) is 2. The van der Waals surface area contributed by atoms with Crippen molar-refractivity contribution in [3.63, 3.8) is 0 Å². The molecule has 0 radical (unpaired) electrons. The largest absolute Gasteiger partial charge is 0.376 e. The Labute approximate surface area is 92.5 Å². The second-order valence-corrected chi connectivity index (χ2v) is 3.84. The van der Waals surface area contributed by atoms with E-state index in [1.54, 1.807) is 6.33 Å². The Morgan fingerprint density at radius 3 is 3.31 bits per heavy atom. The van der Waals surface area contributed by atoms with Gasteiger partial charge in [-0.15, -0.1) is 0 Å². The summed E-state index contributed by atoms with van der Waals surface area (Å²) >= 11 is 0. The molecule has 0 aliphatic carbocycles. The third-order valence-corrected chi connectivity index (χ3v) is 2.74. The van der Waals surface area contributed by atoms with Crippen LogP contribution in [0.1, 0.15) is 12.8 Å². The fourth-order valence-corrected chi connectivity index (χ4v) is 1.91. The molecule has 2 N–H and O–H groups in total. The van der Waals surface area contributed by atoms with Gasteiger partial charge in [0.1, 0.15) is 11.8 Å². The van der Waals surface area contributed by atoms with Gasteiger partial charge in [0.05, 0.1) is 12.4 Å². The van der Waals surface area contributed by atoms with E-state index in [1.165, 1.54) is 6.33 Å². The molecule has 16 heavy (non-hydrogen) atoms. The fraction of sp³-hybridized carbons (Fsp3) is 0.500. The van der Waals surface area contributed by atoms with Crippen LogP contribution in [0.25, 0.3) is 11.2 Å². The molecule has 0 saturated carbocycles. The Kier molecular flexibility index (Phi) is 2.41. The summed E-state index contributed by atoms with van der Waals surface area (Å²) in [5.74, 6) is 0.790.